The van der Waals surface area contributed by atoms with Crippen molar-refractivity contribution in [2.75, 3.05) is 13.6 Å². The maximum Gasteiger partial charge on any atom is 0.269 e. The average molecular weight is 409 g/mol. The van der Waals surface area contributed by atoms with E-state index in [0.717, 1.165) is 12.8 Å². The summed E-state index contributed by atoms with van der Waals surface area (Å²) in [4.78, 5) is 30.5. The van der Waals surface area contributed by atoms with Crippen LogP contribution >= 0.6 is 0 Å². The highest BCUT2D eigenvalue weighted by molar-refractivity contribution is 5.96. The van der Waals surface area contributed by atoms with E-state index in [1.54, 1.807) is 29.2 Å². The molecule has 3 aromatic rings. The molecule has 1 aliphatic rings. The summed E-state index contributed by atoms with van der Waals surface area (Å²) in [5.41, 5.74) is 0.818. The Kier molecular flexibility index (Phi) is 5.51. The zero-order valence-corrected chi connectivity index (χ0v) is 16.3. The van der Waals surface area contributed by atoms with E-state index in [0.29, 0.717) is 18.5 Å². The molecule has 4 rings (SSSR count). The number of hydrogen-bond acceptors (Lipinski definition) is 6. The summed E-state index contributed by atoms with van der Waals surface area (Å²) >= 11 is 0. The van der Waals surface area contributed by atoms with E-state index in [-0.39, 0.29) is 34.9 Å². The molecule has 30 heavy (non-hydrogen) atoms. The van der Waals surface area contributed by atoms with Gasteiger partial charge in [0, 0.05) is 19.8 Å². The third-order valence-electron chi connectivity index (χ3n) is 5.06. The van der Waals surface area contributed by atoms with Gasteiger partial charge in [-0.15, -0.1) is 10.2 Å². The number of pyridine rings is 1. The van der Waals surface area contributed by atoms with E-state index in [1.807, 2.05) is 0 Å². The van der Waals surface area contributed by atoms with Crippen molar-refractivity contribution in [3.63, 3.8) is 0 Å². The molecular formula is C21H20FN5O3. The molecule has 0 saturated carbocycles. The van der Waals surface area contributed by atoms with Crippen LogP contribution in [0.1, 0.15) is 52.0 Å². The molecule has 1 saturated heterocycles. The summed E-state index contributed by atoms with van der Waals surface area (Å²) in [7, 11) is 1.52. The number of nitrogens with zero attached hydrogens (tertiary/aromatic N) is 4. The largest absolute Gasteiger partial charge is 0.418 e. The van der Waals surface area contributed by atoms with Crippen LogP contribution in [-0.2, 0) is 0 Å². The highest BCUT2D eigenvalue weighted by Crippen LogP contribution is 2.33. The number of benzene rings is 1. The number of likely N-dealkylation sites (tertiary alicyclic amines) is 1. The maximum atomic E-state index is 14.0. The van der Waals surface area contributed by atoms with Crippen LogP contribution in [0.15, 0.2) is 47.0 Å². The van der Waals surface area contributed by atoms with Gasteiger partial charge in [0.15, 0.2) is 0 Å². The van der Waals surface area contributed by atoms with E-state index in [1.165, 1.54) is 25.4 Å². The van der Waals surface area contributed by atoms with Gasteiger partial charge in [0.25, 0.3) is 17.7 Å². The first-order chi connectivity index (χ1) is 14.6. The van der Waals surface area contributed by atoms with Gasteiger partial charge in [-0.2, -0.15) is 0 Å². The van der Waals surface area contributed by atoms with Crippen molar-refractivity contribution in [3.05, 3.63) is 65.6 Å². The van der Waals surface area contributed by atoms with Crippen LogP contribution in [0.4, 0.5) is 4.39 Å². The molecule has 1 unspecified atom stereocenters. The first kappa shape index (κ1) is 19.7. The summed E-state index contributed by atoms with van der Waals surface area (Å²) in [6.07, 6.45) is 3.80. The van der Waals surface area contributed by atoms with Crippen molar-refractivity contribution in [1.82, 2.24) is 25.4 Å². The second-order valence-electron chi connectivity index (χ2n) is 6.95. The molecule has 1 aliphatic heterocycles. The fourth-order valence-electron chi connectivity index (χ4n) is 3.49. The molecule has 2 amide bonds. The van der Waals surface area contributed by atoms with E-state index >= 15 is 0 Å². The second-order valence-corrected chi connectivity index (χ2v) is 6.95. The van der Waals surface area contributed by atoms with Crippen molar-refractivity contribution in [3.8, 4) is 11.5 Å². The predicted octanol–water partition coefficient (Wildman–Crippen LogP) is 3.00. The minimum atomic E-state index is -0.452. The number of amides is 2. The normalized spacial score (nSPS) is 16.3. The Hall–Kier alpha value is -3.62. The minimum absolute atomic E-state index is 0.0812. The summed E-state index contributed by atoms with van der Waals surface area (Å²) in [5, 5.41) is 10.6. The molecule has 3 heterocycles. The van der Waals surface area contributed by atoms with Gasteiger partial charge < -0.3 is 14.6 Å². The zero-order valence-electron chi connectivity index (χ0n) is 16.3. The lowest BCUT2D eigenvalue weighted by Crippen LogP contribution is -2.38. The molecule has 154 valence electrons. The maximum absolute atomic E-state index is 14.0. The van der Waals surface area contributed by atoms with E-state index in [4.69, 9.17) is 4.42 Å². The van der Waals surface area contributed by atoms with E-state index in [2.05, 4.69) is 20.5 Å². The fraction of sp³-hybridized carbons (Fsp3) is 0.286. The Balaban J connectivity index is 1.58. The lowest BCUT2D eigenvalue weighted by atomic mass is 10.0. The molecule has 9 heteroatoms. The molecule has 2 aromatic heterocycles. The molecule has 1 fully saturated rings. The van der Waals surface area contributed by atoms with Crippen LogP contribution in [0.3, 0.4) is 0 Å². The Morgan fingerprint density at radius 1 is 1.17 bits per heavy atom. The van der Waals surface area contributed by atoms with Crippen LogP contribution in [-0.4, -0.2) is 45.5 Å². The third kappa shape index (κ3) is 3.78. The average Bonchev–Trinajstić information content (AvgIpc) is 3.28. The highest BCUT2D eigenvalue weighted by Gasteiger charge is 2.33. The first-order valence-corrected chi connectivity index (χ1v) is 9.66. The van der Waals surface area contributed by atoms with Crippen molar-refractivity contribution in [1.29, 1.82) is 0 Å². The van der Waals surface area contributed by atoms with E-state index in [9.17, 15) is 14.0 Å². The molecule has 1 atom stereocenters. The lowest BCUT2D eigenvalue weighted by Gasteiger charge is -2.33. The predicted molar refractivity (Wildman–Crippen MR) is 105 cm³/mol. The van der Waals surface area contributed by atoms with Gasteiger partial charge in [0.2, 0.25) is 5.89 Å². The SMILES string of the molecule is CNC(=O)c1ccc(C(=O)N2CCCCC2c2nnc(-c3ccccc3F)o2)cn1. The Morgan fingerprint density at radius 2 is 2.00 bits per heavy atom. The summed E-state index contributed by atoms with van der Waals surface area (Å²) in [5.74, 6) is -0.654. The zero-order chi connectivity index (χ0) is 21.1. The number of hydrogen-bond donors (Lipinski definition) is 1. The van der Waals surface area contributed by atoms with Gasteiger partial charge in [0.05, 0.1) is 11.1 Å². The molecule has 0 bridgehead atoms. The standard InChI is InChI=1S/C21H20FN5O3/c1-23-18(28)16-10-9-13(12-24-16)21(29)27-11-5-4-8-17(27)20-26-25-19(30-20)14-6-2-3-7-15(14)22/h2-3,6-7,9-10,12,17H,4-5,8,11H2,1H3,(H,23,28). The van der Waals surface area contributed by atoms with Crippen LogP contribution in [0.2, 0.25) is 0 Å². The summed E-state index contributed by atoms with van der Waals surface area (Å²) < 4.78 is 19.8. The van der Waals surface area contributed by atoms with Gasteiger partial charge >= 0.3 is 0 Å². The summed E-state index contributed by atoms with van der Waals surface area (Å²) in [6.45, 7) is 0.526. The fourth-order valence-corrected chi connectivity index (χ4v) is 3.49. The molecule has 8 nitrogen and oxygen atoms in total. The number of carbonyl (C=O) groups excluding carboxylic acids is 2. The smallest absolute Gasteiger partial charge is 0.269 e. The van der Waals surface area contributed by atoms with Gasteiger partial charge in [-0.25, -0.2) is 4.39 Å². The number of rotatable bonds is 4. The Morgan fingerprint density at radius 3 is 2.73 bits per heavy atom. The van der Waals surface area contributed by atoms with Crippen molar-refractivity contribution < 1.29 is 18.4 Å². The molecule has 0 aliphatic carbocycles. The molecular weight excluding hydrogens is 389 g/mol. The number of carbonyl (C=O) groups is 2. The van der Waals surface area contributed by atoms with Crippen LogP contribution in [0, 0.1) is 5.82 Å². The van der Waals surface area contributed by atoms with Crippen LogP contribution in [0.5, 0.6) is 0 Å². The topological polar surface area (TPSA) is 101 Å². The Bertz CT molecular complexity index is 1070. The van der Waals surface area contributed by atoms with Gasteiger partial charge in [0.1, 0.15) is 17.6 Å². The third-order valence-corrected chi connectivity index (χ3v) is 5.06. The number of halogens is 1. The highest BCUT2D eigenvalue weighted by atomic mass is 19.1. The van der Waals surface area contributed by atoms with E-state index < -0.39 is 11.9 Å². The van der Waals surface area contributed by atoms with Gasteiger partial charge in [-0.05, 0) is 43.5 Å². The van der Waals surface area contributed by atoms with Gasteiger partial charge in [-0.1, -0.05) is 12.1 Å². The van der Waals surface area contributed by atoms with Crippen molar-refractivity contribution in [2.24, 2.45) is 0 Å². The molecule has 0 spiro atoms. The van der Waals surface area contributed by atoms with Crippen LogP contribution in [0.25, 0.3) is 11.5 Å². The van der Waals surface area contributed by atoms with Crippen molar-refractivity contribution in [2.45, 2.75) is 25.3 Å². The first-order valence-electron chi connectivity index (χ1n) is 9.66. The second kappa shape index (κ2) is 8.40. The van der Waals surface area contributed by atoms with Gasteiger partial charge in [-0.3, -0.25) is 14.6 Å². The molecule has 1 aromatic carbocycles. The molecule has 0 radical (unpaired) electrons. The Labute approximate surface area is 172 Å². The lowest BCUT2D eigenvalue weighted by molar-refractivity contribution is 0.0571. The van der Waals surface area contributed by atoms with Crippen LogP contribution < -0.4 is 5.32 Å². The number of piperidine rings is 1. The quantitative estimate of drug-likeness (QED) is 0.711. The minimum Gasteiger partial charge on any atom is -0.418 e. The van der Waals surface area contributed by atoms with Crippen molar-refractivity contribution >= 4 is 11.8 Å². The molecule has 1 N–H and O–H groups in total. The summed E-state index contributed by atoms with van der Waals surface area (Å²) in [6, 6.07) is 8.84. The monoisotopic (exact) mass is 409 g/mol. The number of nitrogens with one attached hydrogen (secondary N) is 1. The number of aromatic nitrogens is 3.